The molecule has 1 fully saturated rings. The van der Waals surface area contributed by atoms with Crippen molar-refractivity contribution in [2.45, 2.75) is 4.87 Å². The molecule has 3 aliphatic rings. The van der Waals surface area contributed by atoms with Gasteiger partial charge >= 0.3 is 0 Å². The van der Waals surface area contributed by atoms with Crippen LogP contribution in [0.2, 0.25) is 0 Å². The number of carbonyl (C=O) groups excluding carboxylic acids is 4. The summed E-state index contributed by atoms with van der Waals surface area (Å²) < 4.78 is 0. The van der Waals surface area contributed by atoms with E-state index in [-0.39, 0.29) is 28.9 Å². The summed E-state index contributed by atoms with van der Waals surface area (Å²) >= 11 is 1.20. The summed E-state index contributed by atoms with van der Waals surface area (Å²) in [5.74, 6) is -1.82. The standard InChI is InChI=1S/C34H24N6O6S/c41-29(20-37-28-17-8-7-16-26(28)34(33(37)44)38(30(42)21-47-34)24-13-5-2-6-14-24)36-39-31(23-11-3-1-4-12-23)35-27(32(39)43)19-22-10-9-15-25(18-22)40(45)46/h1-19H,20-21H2,(H,36,41)/b27-19-. The van der Waals surface area contributed by atoms with E-state index in [2.05, 4.69) is 10.4 Å². The summed E-state index contributed by atoms with van der Waals surface area (Å²) in [5, 5.41) is 12.3. The van der Waals surface area contributed by atoms with Gasteiger partial charge in [-0.2, -0.15) is 5.01 Å². The number of rotatable bonds is 7. The Hall–Kier alpha value is -6.08. The van der Waals surface area contributed by atoms with Crippen molar-refractivity contribution >= 4 is 64.4 Å². The Bertz CT molecular complexity index is 2040. The zero-order valence-electron chi connectivity index (χ0n) is 24.5. The van der Waals surface area contributed by atoms with Gasteiger partial charge in [-0.1, -0.05) is 78.9 Å². The normalized spacial score (nSPS) is 19.5. The summed E-state index contributed by atoms with van der Waals surface area (Å²) in [6.45, 7) is -0.454. The van der Waals surface area contributed by atoms with Crippen LogP contribution in [0.3, 0.4) is 0 Å². The molecule has 0 aromatic heterocycles. The molecule has 4 aromatic rings. The van der Waals surface area contributed by atoms with E-state index in [1.807, 2.05) is 6.07 Å². The molecule has 0 bridgehead atoms. The third kappa shape index (κ3) is 5.02. The van der Waals surface area contributed by atoms with Crippen molar-refractivity contribution in [3.05, 3.63) is 142 Å². The number of amidine groups is 1. The van der Waals surface area contributed by atoms with E-state index < -0.39 is 34.1 Å². The van der Waals surface area contributed by atoms with Gasteiger partial charge in [-0.05, 0) is 29.8 Å². The first-order valence-corrected chi connectivity index (χ1v) is 15.4. The maximum atomic E-state index is 14.3. The predicted molar refractivity (Wildman–Crippen MR) is 176 cm³/mol. The number of hydrazine groups is 1. The number of aliphatic imine (C=N–C) groups is 1. The van der Waals surface area contributed by atoms with Gasteiger partial charge in [0.2, 0.25) is 10.8 Å². The Morgan fingerprint density at radius 3 is 2.38 bits per heavy atom. The first-order chi connectivity index (χ1) is 22.8. The summed E-state index contributed by atoms with van der Waals surface area (Å²) in [4.78, 5) is 71.6. The molecule has 1 spiro atoms. The smallest absolute Gasteiger partial charge is 0.297 e. The minimum Gasteiger partial charge on any atom is -0.299 e. The van der Waals surface area contributed by atoms with E-state index in [9.17, 15) is 29.3 Å². The van der Waals surface area contributed by atoms with Gasteiger partial charge in [0.15, 0.2) is 5.84 Å². The second kappa shape index (κ2) is 11.7. The number of fused-ring (bicyclic) bond motifs is 2. The summed E-state index contributed by atoms with van der Waals surface area (Å²) in [6, 6.07) is 30.4. The molecule has 1 unspecified atom stereocenters. The van der Waals surface area contributed by atoms with Gasteiger partial charge in [0, 0.05) is 28.9 Å². The first kappa shape index (κ1) is 29.6. The molecule has 4 aromatic carbocycles. The maximum Gasteiger partial charge on any atom is 0.297 e. The number of non-ortho nitro benzene ring substituents is 1. The van der Waals surface area contributed by atoms with Gasteiger partial charge in [-0.15, -0.1) is 11.8 Å². The zero-order valence-corrected chi connectivity index (χ0v) is 25.3. The minimum absolute atomic E-state index is 0.0504. The SMILES string of the molecule is O=C(CN1C(=O)C2(SCC(=O)N2c2ccccc2)c2ccccc21)NN1C(=O)/C(=C/c2cccc([N+](=O)[O-])c2)N=C1c1ccccc1. The highest BCUT2D eigenvalue weighted by Crippen LogP contribution is 2.55. The molecule has 3 aliphatic heterocycles. The Labute approximate surface area is 272 Å². The molecule has 0 radical (unpaired) electrons. The van der Waals surface area contributed by atoms with E-state index in [4.69, 9.17) is 0 Å². The van der Waals surface area contributed by atoms with Crippen LogP contribution in [0.5, 0.6) is 0 Å². The van der Waals surface area contributed by atoms with Crippen molar-refractivity contribution in [1.82, 2.24) is 10.4 Å². The van der Waals surface area contributed by atoms with Gasteiger partial charge in [-0.25, -0.2) is 4.99 Å². The number of carbonyl (C=O) groups is 4. The third-order valence-corrected chi connectivity index (χ3v) is 9.28. The fourth-order valence-corrected chi connectivity index (χ4v) is 7.24. The second-order valence-electron chi connectivity index (χ2n) is 10.8. The number of para-hydroxylation sites is 2. The number of hydrogen-bond acceptors (Lipinski definition) is 8. The van der Waals surface area contributed by atoms with E-state index in [0.29, 0.717) is 28.1 Å². The Balaban J connectivity index is 1.19. The highest BCUT2D eigenvalue weighted by Gasteiger charge is 2.61. The van der Waals surface area contributed by atoms with Crippen LogP contribution in [0.25, 0.3) is 6.08 Å². The molecule has 1 saturated heterocycles. The molecular formula is C34H24N6O6S. The minimum atomic E-state index is -1.40. The van der Waals surface area contributed by atoms with E-state index in [0.717, 1.165) is 5.01 Å². The quantitative estimate of drug-likeness (QED) is 0.180. The summed E-state index contributed by atoms with van der Waals surface area (Å²) in [7, 11) is 0. The largest absolute Gasteiger partial charge is 0.299 e. The highest BCUT2D eigenvalue weighted by atomic mass is 32.2. The van der Waals surface area contributed by atoms with Crippen LogP contribution >= 0.6 is 11.8 Å². The molecule has 1 N–H and O–H groups in total. The fourth-order valence-electron chi connectivity index (χ4n) is 5.88. The van der Waals surface area contributed by atoms with Crippen molar-refractivity contribution in [2.75, 3.05) is 22.1 Å². The van der Waals surface area contributed by atoms with E-state index >= 15 is 0 Å². The number of nitrogens with zero attached hydrogens (tertiary/aromatic N) is 5. The van der Waals surface area contributed by atoms with E-state index in [1.165, 1.54) is 45.8 Å². The molecule has 7 rings (SSSR count). The van der Waals surface area contributed by atoms with Gasteiger partial charge in [-0.3, -0.25) is 44.5 Å². The third-order valence-electron chi connectivity index (χ3n) is 7.89. The van der Waals surface area contributed by atoms with Crippen LogP contribution in [-0.2, 0) is 24.0 Å². The lowest BCUT2D eigenvalue weighted by Gasteiger charge is -2.33. The van der Waals surface area contributed by atoms with Crippen LogP contribution in [-0.4, -0.2) is 51.7 Å². The molecule has 3 heterocycles. The molecule has 13 heteroatoms. The Morgan fingerprint density at radius 2 is 1.64 bits per heavy atom. The zero-order chi connectivity index (χ0) is 32.7. The number of benzene rings is 4. The number of nitro benzene ring substituents is 1. The lowest BCUT2D eigenvalue weighted by Crippen LogP contribution is -2.54. The molecule has 0 saturated carbocycles. The van der Waals surface area contributed by atoms with Crippen LogP contribution < -0.4 is 15.2 Å². The van der Waals surface area contributed by atoms with Crippen LogP contribution in [0.15, 0.2) is 120 Å². The van der Waals surface area contributed by atoms with Crippen molar-refractivity contribution in [1.29, 1.82) is 0 Å². The van der Waals surface area contributed by atoms with Crippen molar-refractivity contribution < 1.29 is 24.1 Å². The molecule has 1 atom stereocenters. The number of nitro groups is 1. The van der Waals surface area contributed by atoms with Crippen LogP contribution in [0.1, 0.15) is 16.7 Å². The molecule has 47 heavy (non-hydrogen) atoms. The average molecular weight is 645 g/mol. The highest BCUT2D eigenvalue weighted by molar-refractivity contribution is 8.02. The fraction of sp³-hybridized carbons (Fsp3) is 0.0882. The van der Waals surface area contributed by atoms with Crippen molar-refractivity contribution in [3.63, 3.8) is 0 Å². The molecular weight excluding hydrogens is 620 g/mol. The van der Waals surface area contributed by atoms with Gasteiger partial charge < -0.3 is 0 Å². The van der Waals surface area contributed by atoms with Crippen molar-refractivity contribution in [2.24, 2.45) is 4.99 Å². The van der Waals surface area contributed by atoms with Crippen LogP contribution in [0, 0.1) is 10.1 Å². The number of hydrogen-bond donors (Lipinski definition) is 1. The number of amides is 4. The number of nitrogens with one attached hydrogen (secondary N) is 1. The first-order valence-electron chi connectivity index (χ1n) is 14.5. The number of anilines is 2. The van der Waals surface area contributed by atoms with Crippen LogP contribution in [0.4, 0.5) is 17.1 Å². The summed E-state index contributed by atoms with van der Waals surface area (Å²) in [5.41, 5.74) is 4.95. The monoisotopic (exact) mass is 644 g/mol. The van der Waals surface area contributed by atoms with Gasteiger partial charge in [0.1, 0.15) is 12.2 Å². The molecule has 232 valence electrons. The average Bonchev–Trinajstić information content (AvgIpc) is 3.68. The lowest BCUT2D eigenvalue weighted by molar-refractivity contribution is -0.384. The molecule has 12 nitrogen and oxygen atoms in total. The molecule has 0 aliphatic carbocycles. The molecule has 4 amide bonds. The second-order valence-corrected chi connectivity index (χ2v) is 11.9. The Kier molecular flexibility index (Phi) is 7.37. The summed E-state index contributed by atoms with van der Waals surface area (Å²) in [6.07, 6.45) is 1.40. The Morgan fingerprint density at radius 1 is 0.936 bits per heavy atom. The van der Waals surface area contributed by atoms with Gasteiger partial charge in [0.25, 0.3) is 23.4 Å². The lowest BCUT2D eigenvalue weighted by atomic mass is 10.0. The topological polar surface area (TPSA) is 146 Å². The van der Waals surface area contributed by atoms with Gasteiger partial charge in [0.05, 0.1) is 16.4 Å². The maximum absolute atomic E-state index is 14.3. The van der Waals surface area contributed by atoms with Crippen molar-refractivity contribution in [3.8, 4) is 0 Å². The van der Waals surface area contributed by atoms with E-state index in [1.54, 1.807) is 84.9 Å². The number of thioether (sulfide) groups is 1. The predicted octanol–water partition coefficient (Wildman–Crippen LogP) is 4.24.